The molecule has 1 aromatic carbocycles. The van der Waals surface area contributed by atoms with E-state index in [1.54, 1.807) is 14.2 Å². The summed E-state index contributed by atoms with van der Waals surface area (Å²) in [7, 11) is 3.28. The SMILES string of the molecule is COc1ccc(OC)c(-c2[nH]c(C)nc(=S)c2C)c1. The Morgan fingerprint density at radius 1 is 1.16 bits per heavy atom. The van der Waals surface area contributed by atoms with Gasteiger partial charge in [0.05, 0.1) is 19.9 Å². The third-order valence-electron chi connectivity index (χ3n) is 2.95. The van der Waals surface area contributed by atoms with Crippen LogP contribution in [0, 0.1) is 18.5 Å². The van der Waals surface area contributed by atoms with Crippen molar-refractivity contribution in [3.05, 3.63) is 34.2 Å². The largest absolute Gasteiger partial charge is 0.497 e. The second-order valence-electron chi connectivity index (χ2n) is 4.19. The Kier molecular flexibility index (Phi) is 3.85. The second-order valence-corrected chi connectivity index (χ2v) is 4.58. The Morgan fingerprint density at radius 3 is 2.53 bits per heavy atom. The first-order valence-electron chi connectivity index (χ1n) is 5.86. The maximum Gasteiger partial charge on any atom is 0.133 e. The normalized spacial score (nSPS) is 10.3. The first-order valence-corrected chi connectivity index (χ1v) is 6.27. The molecule has 0 saturated carbocycles. The van der Waals surface area contributed by atoms with Gasteiger partial charge in [0.2, 0.25) is 0 Å². The lowest BCUT2D eigenvalue weighted by molar-refractivity contribution is 0.404. The van der Waals surface area contributed by atoms with Crippen LogP contribution in [0.25, 0.3) is 11.3 Å². The first-order chi connectivity index (χ1) is 9.06. The Hall–Kier alpha value is -1.88. The minimum Gasteiger partial charge on any atom is -0.497 e. The van der Waals surface area contributed by atoms with Crippen LogP contribution >= 0.6 is 12.2 Å². The van der Waals surface area contributed by atoms with Gasteiger partial charge in [-0.2, -0.15) is 0 Å². The predicted molar refractivity (Wildman–Crippen MR) is 77.4 cm³/mol. The molecule has 0 bridgehead atoms. The number of aryl methyl sites for hydroxylation is 1. The summed E-state index contributed by atoms with van der Waals surface area (Å²) in [6.45, 7) is 3.82. The summed E-state index contributed by atoms with van der Waals surface area (Å²) in [6.07, 6.45) is 0. The molecule has 0 spiro atoms. The quantitative estimate of drug-likeness (QED) is 0.872. The third kappa shape index (κ3) is 2.61. The minimum absolute atomic E-state index is 0.594. The number of ether oxygens (including phenoxy) is 2. The van der Waals surface area contributed by atoms with Crippen molar-refractivity contribution < 1.29 is 9.47 Å². The lowest BCUT2D eigenvalue weighted by Gasteiger charge is -2.13. The molecular formula is C14H16N2O2S. The van der Waals surface area contributed by atoms with Crippen molar-refractivity contribution in [1.29, 1.82) is 0 Å². The Balaban J connectivity index is 2.73. The van der Waals surface area contributed by atoms with Crippen LogP contribution in [0.5, 0.6) is 11.5 Å². The fraction of sp³-hybridized carbons (Fsp3) is 0.286. The van der Waals surface area contributed by atoms with Crippen LogP contribution in [-0.2, 0) is 0 Å². The average Bonchev–Trinajstić information content (AvgIpc) is 2.42. The minimum atomic E-state index is 0.594. The van der Waals surface area contributed by atoms with Crippen LogP contribution in [0.2, 0.25) is 0 Å². The molecule has 0 fully saturated rings. The molecule has 5 heteroatoms. The van der Waals surface area contributed by atoms with Gasteiger partial charge in [0, 0.05) is 11.1 Å². The number of nitrogens with one attached hydrogen (secondary N) is 1. The number of H-pyrrole nitrogens is 1. The maximum atomic E-state index is 5.40. The molecule has 2 aromatic rings. The smallest absolute Gasteiger partial charge is 0.133 e. The van der Waals surface area contributed by atoms with Gasteiger partial charge in [0.1, 0.15) is 22.0 Å². The van der Waals surface area contributed by atoms with Crippen LogP contribution in [0.1, 0.15) is 11.4 Å². The molecule has 1 heterocycles. The van der Waals surface area contributed by atoms with Gasteiger partial charge in [-0.1, -0.05) is 12.2 Å². The molecule has 0 radical (unpaired) electrons. The van der Waals surface area contributed by atoms with Gasteiger partial charge in [-0.05, 0) is 32.0 Å². The van der Waals surface area contributed by atoms with Crippen LogP contribution in [-0.4, -0.2) is 24.2 Å². The van der Waals surface area contributed by atoms with E-state index in [1.165, 1.54) is 0 Å². The summed E-state index contributed by atoms with van der Waals surface area (Å²) in [5.74, 6) is 2.31. The van der Waals surface area contributed by atoms with Crippen LogP contribution < -0.4 is 9.47 Å². The van der Waals surface area contributed by atoms with Crippen LogP contribution in [0.15, 0.2) is 18.2 Å². The highest BCUT2D eigenvalue weighted by molar-refractivity contribution is 7.71. The van der Waals surface area contributed by atoms with Gasteiger partial charge in [0.15, 0.2) is 0 Å². The summed E-state index contributed by atoms with van der Waals surface area (Å²) in [6, 6.07) is 5.66. The lowest BCUT2D eigenvalue weighted by Crippen LogP contribution is -1.98. The van der Waals surface area contributed by atoms with Crippen molar-refractivity contribution in [2.45, 2.75) is 13.8 Å². The molecule has 0 amide bonds. The number of methoxy groups -OCH3 is 2. The zero-order valence-electron chi connectivity index (χ0n) is 11.4. The monoisotopic (exact) mass is 276 g/mol. The number of hydrogen-bond acceptors (Lipinski definition) is 4. The Morgan fingerprint density at radius 2 is 1.89 bits per heavy atom. The maximum absolute atomic E-state index is 5.40. The van der Waals surface area contributed by atoms with Gasteiger partial charge in [-0.25, -0.2) is 4.98 Å². The molecule has 0 atom stereocenters. The molecule has 0 unspecified atom stereocenters. The van der Waals surface area contributed by atoms with Crippen molar-refractivity contribution in [3.63, 3.8) is 0 Å². The molecule has 100 valence electrons. The van der Waals surface area contributed by atoms with E-state index in [1.807, 2.05) is 32.0 Å². The van der Waals surface area contributed by atoms with Gasteiger partial charge in [-0.15, -0.1) is 0 Å². The van der Waals surface area contributed by atoms with E-state index in [4.69, 9.17) is 21.7 Å². The molecule has 0 aliphatic carbocycles. The number of aromatic amines is 1. The number of aromatic nitrogens is 2. The molecule has 0 saturated heterocycles. The van der Waals surface area contributed by atoms with Crippen LogP contribution in [0.3, 0.4) is 0 Å². The van der Waals surface area contributed by atoms with E-state index in [0.29, 0.717) is 4.64 Å². The molecule has 4 nitrogen and oxygen atoms in total. The summed E-state index contributed by atoms with van der Waals surface area (Å²) in [4.78, 5) is 7.49. The standard InChI is InChI=1S/C14H16N2O2S/c1-8-13(15-9(2)16-14(8)19)11-7-10(17-3)5-6-12(11)18-4/h5-7H,1-4H3,(H,15,16,19). The predicted octanol–water partition coefficient (Wildman–Crippen LogP) is 3.44. The average molecular weight is 276 g/mol. The Labute approximate surface area is 117 Å². The zero-order chi connectivity index (χ0) is 14.0. The fourth-order valence-electron chi connectivity index (χ4n) is 1.92. The van der Waals surface area contributed by atoms with Crippen LogP contribution in [0.4, 0.5) is 0 Å². The van der Waals surface area contributed by atoms with E-state index in [2.05, 4.69) is 9.97 Å². The number of nitrogens with zero attached hydrogens (tertiary/aromatic N) is 1. The van der Waals surface area contributed by atoms with E-state index in [-0.39, 0.29) is 0 Å². The van der Waals surface area contributed by atoms with Gasteiger partial charge < -0.3 is 14.5 Å². The summed E-state index contributed by atoms with van der Waals surface area (Å²) in [5, 5.41) is 0. The molecule has 19 heavy (non-hydrogen) atoms. The highest BCUT2D eigenvalue weighted by atomic mass is 32.1. The third-order valence-corrected chi connectivity index (χ3v) is 3.34. The number of benzene rings is 1. The lowest BCUT2D eigenvalue weighted by atomic mass is 10.1. The molecular weight excluding hydrogens is 260 g/mol. The molecule has 2 rings (SSSR count). The van der Waals surface area contributed by atoms with E-state index in [9.17, 15) is 0 Å². The number of hydrogen-bond donors (Lipinski definition) is 1. The summed E-state index contributed by atoms with van der Waals surface area (Å²) < 4.78 is 11.3. The Bertz CT molecular complexity index is 665. The van der Waals surface area contributed by atoms with Crippen molar-refractivity contribution in [3.8, 4) is 22.8 Å². The van der Waals surface area contributed by atoms with Crippen molar-refractivity contribution >= 4 is 12.2 Å². The molecule has 1 N–H and O–H groups in total. The van der Waals surface area contributed by atoms with Crippen molar-refractivity contribution in [2.24, 2.45) is 0 Å². The molecule has 0 aliphatic rings. The summed E-state index contributed by atoms with van der Waals surface area (Å²) in [5.41, 5.74) is 2.75. The highest BCUT2D eigenvalue weighted by Crippen LogP contribution is 2.34. The van der Waals surface area contributed by atoms with Gasteiger partial charge >= 0.3 is 0 Å². The highest BCUT2D eigenvalue weighted by Gasteiger charge is 2.12. The first kappa shape index (κ1) is 13.5. The second kappa shape index (κ2) is 5.40. The van der Waals surface area contributed by atoms with E-state index >= 15 is 0 Å². The van der Waals surface area contributed by atoms with E-state index in [0.717, 1.165) is 34.1 Å². The fourth-order valence-corrected chi connectivity index (χ4v) is 2.16. The molecule has 1 aromatic heterocycles. The summed E-state index contributed by atoms with van der Waals surface area (Å²) >= 11 is 5.27. The van der Waals surface area contributed by atoms with Gasteiger partial charge in [0.25, 0.3) is 0 Å². The van der Waals surface area contributed by atoms with Gasteiger partial charge in [-0.3, -0.25) is 0 Å². The van der Waals surface area contributed by atoms with Crippen molar-refractivity contribution in [2.75, 3.05) is 14.2 Å². The van der Waals surface area contributed by atoms with E-state index < -0.39 is 0 Å². The number of rotatable bonds is 3. The molecule has 0 aliphatic heterocycles. The van der Waals surface area contributed by atoms with Crippen molar-refractivity contribution in [1.82, 2.24) is 9.97 Å². The topological polar surface area (TPSA) is 47.1 Å². The zero-order valence-corrected chi connectivity index (χ0v) is 12.2.